The molecule has 0 atom stereocenters. The summed E-state index contributed by atoms with van der Waals surface area (Å²) < 4.78 is 7.58. The zero-order valence-corrected chi connectivity index (χ0v) is 28.4. The van der Waals surface area contributed by atoms with Gasteiger partial charge in [-0.25, -0.2) is 0 Å². The Morgan fingerprint density at radius 1 is 0.333 bits per heavy atom. The molecule has 0 spiro atoms. The van der Waals surface area contributed by atoms with E-state index in [9.17, 15) is 0 Å². The third kappa shape index (κ3) is 4.22. The van der Waals surface area contributed by atoms with Crippen LogP contribution in [0.1, 0.15) is 0 Å². The highest BCUT2D eigenvalue weighted by Crippen LogP contribution is 2.43. The molecule has 238 valence electrons. The molecule has 0 aliphatic heterocycles. The van der Waals surface area contributed by atoms with Crippen LogP contribution in [0.4, 0.5) is 0 Å². The second-order valence-corrected chi connectivity index (χ2v) is 14.4. The number of hydrogen-bond acceptors (Lipinski definition) is 1. The van der Waals surface area contributed by atoms with Crippen LogP contribution in [-0.4, -0.2) is 9.13 Å². The summed E-state index contributed by atoms with van der Waals surface area (Å²) in [6, 6.07) is 66.5. The number of aromatic nitrogens is 2. The summed E-state index contributed by atoms with van der Waals surface area (Å²) in [5.41, 5.74) is 12.1. The summed E-state index contributed by atoms with van der Waals surface area (Å²) in [5, 5.41) is 7.71. The second kappa shape index (κ2) is 11.0. The first kappa shape index (κ1) is 28.4. The van der Waals surface area contributed by atoms with Gasteiger partial charge in [-0.15, -0.1) is 11.3 Å². The maximum absolute atomic E-state index is 2.47. The van der Waals surface area contributed by atoms with Crippen LogP contribution in [0, 0.1) is 0 Å². The number of rotatable bonds is 4. The van der Waals surface area contributed by atoms with Gasteiger partial charge >= 0.3 is 0 Å². The summed E-state index contributed by atoms with van der Waals surface area (Å²) >= 11 is 1.88. The van der Waals surface area contributed by atoms with E-state index in [1.165, 1.54) is 86.0 Å². The van der Waals surface area contributed by atoms with Gasteiger partial charge in [-0.3, -0.25) is 0 Å². The summed E-state index contributed by atoms with van der Waals surface area (Å²) in [5.74, 6) is 0. The summed E-state index contributed by atoms with van der Waals surface area (Å²) in [4.78, 5) is 0. The first-order valence-electron chi connectivity index (χ1n) is 17.4. The minimum absolute atomic E-state index is 1.16. The molecule has 0 fully saturated rings. The molecule has 11 aromatic rings. The molecule has 2 nitrogen and oxygen atoms in total. The quantitative estimate of drug-likeness (QED) is 0.177. The van der Waals surface area contributed by atoms with Gasteiger partial charge in [-0.05, 0) is 70.8 Å². The Balaban J connectivity index is 1.13. The first-order chi connectivity index (χ1) is 25.3. The van der Waals surface area contributed by atoms with Gasteiger partial charge < -0.3 is 9.13 Å². The minimum Gasteiger partial charge on any atom is -0.309 e. The van der Waals surface area contributed by atoms with E-state index in [0.29, 0.717) is 0 Å². The molecule has 0 N–H and O–H groups in total. The maximum atomic E-state index is 2.47. The van der Waals surface area contributed by atoms with Crippen molar-refractivity contribution >= 4 is 75.1 Å². The van der Waals surface area contributed by atoms with Crippen LogP contribution in [0.25, 0.3) is 97.4 Å². The van der Waals surface area contributed by atoms with Crippen LogP contribution in [-0.2, 0) is 0 Å². The number of thiophene rings is 1. The lowest BCUT2D eigenvalue weighted by molar-refractivity contribution is 1.17. The lowest BCUT2D eigenvalue weighted by Gasteiger charge is -2.11. The number of hydrogen-bond donors (Lipinski definition) is 0. The molecule has 0 saturated heterocycles. The Labute approximate surface area is 298 Å². The van der Waals surface area contributed by atoms with Crippen LogP contribution < -0.4 is 0 Å². The molecule has 0 bridgehead atoms. The van der Waals surface area contributed by atoms with Crippen molar-refractivity contribution in [3.8, 4) is 33.6 Å². The Morgan fingerprint density at radius 3 is 1.71 bits per heavy atom. The molecule has 51 heavy (non-hydrogen) atoms. The third-order valence-electron chi connectivity index (χ3n) is 10.5. The molecule has 0 amide bonds. The zero-order valence-electron chi connectivity index (χ0n) is 27.6. The Bertz CT molecular complexity index is 3100. The molecule has 0 saturated carbocycles. The molecule has 3 aromatic heterocycles. The van der Waals surface area contributed by atoms with Gasteiger partial charge in [-0.1, -0.05) is 133 Å². The average molecular weight is 667 g/mol. The van der Waals surface area contributed by atoms with E-state index in [2.05, 4.69) is 191 Å². The smallest absolute Gasteiger partial charge is 0.0641 e. The molecule has 0 aliphatic rings. The number of nitrogens with zero attached hydrogens (tertiary/aromatic N) is 2. The van der Waals surface area contributed by atoms with Crippen LogP contribution >= 0.6 is 11.3 Å². The third-order valence-corrected chi connectivity index (χ3v) is 11.8. The van der Waals surface area contributed by atoms with E-state index < -0.39 is 0 Å². The molecule has 11 rings (SSSR count). The molecular formula is C48H30N2S. The number of benzene rings is 8. The first-order valence-corrected chi connectivity index (χ1v) is 18.3. The molecule has 3 heterocycles. The summed E-state index contributed by atoms with van der Waals surface area (Å²) in [6.07, 6.45) is 0. The number of para-hydroxylation sites is 2. The summed E-state index contributed by atoms with van der Waals surface area (Å²) in [7, 11) is 0. The normalized spacial score (nSPS) is 11.9. The predicted molar refractivity (Wildman–Crippen MR) is 219 cm³/mol. The van der Waals surface area contributed by atoms with Gasteiger partial charge in [0, 0.05) is 53.1 Å². The van der Waals surface area contributed by atoms with E-state index in [0.717, 1.165) is 11.4 Å². The van der Waals surface area contributed by atoms with Crippen molar-refractivity contribution in [1.29, 1.82) is 0 Å². The fourth-order valence-electron chi connectivity index (χ4n) is 8.25. The SMILES string of the molecule is c1ccc(-c2ccc(-n3c4ccccc4c4ccc5c(c6ccccc6n5-c5ccc(-c6cccc7c6sc6ccccc67)cc5)c43)cc2)cc1. The van der Waals surface area contributed by atoms with Gasteiger partial charge in [0.1, 0.15) is 0 Å². The van der Waals surface area contributed by atoms with Crippen LogP contribution in [0.3, 0.4) is 0 Å². The largest absolute Gasteiger partial charge is 0.309 e. The van der Waals surface area contributed by atoms with Gasteiger partial charge in [0.15, 0.2) is 0 Å². The molecule has 0 radical (unpaired) electrons. The van der Waals surface area contributed by atoms with Gasteiger partial charge in [-0.2, -0.15) is 0 Å². The highest BCUT2D eigenvalue weighted by Gasteiger charge is 2.21. The number of fused-ring (bicyclic) bond motifs is 10. The van der Waals surface area contributed by atoms with E-state index >= 15 is 0 Å². The predicted octanol–water partition coefficient (Wildman–Crippen LogP) is 13.6. The zero-order chi connectivity index (χ0) is 33.5. The van der Waals surface area contributed by atoms with Crippen molar-refractivity contribution in [2.75, 3.05) is 0 Å². The van der Waals surface area contributed by atoms with E-state index in [-0.39, 0.29) is 0 Å². The fraction of sp³-hybridized carbons (Fsp3) is 0. The topological polar surface area (TPSA) is 9.86 Å². The van der Waals surface area contributed by atoms with Gasteiger partial charge in [0.2, 0.25) is 0 Å². The van der Waals surface area contributed by atoms with Crippen LogP contribution in [0.15, 0.2) is 182 Å². The Hall–Kier alpha value is -6.42. The molecular weight excluding hydrogens is 637 g/mol. The van der Waals surface area contributed by atoms with Crippen molar-refractivity contribution in [3.05, 3.63) is 182 Å². The van der Waals surface area contributed by atoms with Crippen LogP contribution in [0.5, 0.6) is 0 Å². The standard InChI is InChI=1S/C48H30N2S/c1-2-11-31(12-3-1)32-21-25-35(26-22-32)50-42-18-7-4-13-37(42)39-29-30-44-46(47(39)50)41-15-5-8-19-43(41)49(44)34-27-23-33(24-28-34)36-16-10-17-40-38-14-6-9-20-45(38)51-48(36)40/h1-30H. The molecule has 8 aromatic carbocycles. The fourth-order valence-corrected chi connectivity index (χ4v) is 9.49. The van der Waals surface area contributed by atoms with Gasteiger partial charge in [0.25, 0.3) is 0 Å². The van der Waals surface area contributed by atoms with Crippen molar-refractivity contribution in [2.45, 2.75) is 0 Å². The Kier molecular flexibility index (Phi) is 6.16. The Morgan fingerprint density at radius 2 is 0.922 bits per heavy atom. The van der Waals surface area contributed by atoms with Crippen LogP contribution in [0.2, 0.25) is 0 Å². The maximum Gasteiger partial charge on any atom is 0.0641 e. The van der Waals surface area contributed by atoms with Crippen molar-refractivity contribution < 1.29 is 0 Å². The average Bonchev–Trinajstić information content (AvgIpc) is 3.86. The lowest BCUT2D eigenvalue weighted by atomic mass is 10.0. The van der Waals surface area contributed by atoms with E-state index in [1.54, 1.807) is 0 Å². The van der Waals surface area contributed by atoms with E-state index in [1.807, 2.05) is 11.3 Å². The highest BCUT2D eigenvalue weighted by atomic mass is 32.1. The van der Waals surface area contributed by atoms with Crippen molar-refractivity contribution in [2.24, 2.45) is 0 Å². The van der Waals surface area contributed by atoms with E-state index in [4.69, 9.17) is 0 Å². The van der Waals surface area contributed by atoms with Gasteiger partial charge in [0.05, 0.1) is 22.1 Å². The van der Waals surface area contributed by atoms with Crippen molar-refractivity contribution in [1.82, 2.24) is 9.13 Å². The van der Waals surface area contributed by atoms with Crippen molar-refractivity contribution in [3.63, 3.8) is 0 Å². The lowest BCUT2D eigenvalue weighted by Crippen LogP contribution is -1.95. The highest BCUT2D eigenvalue weighted by molar-refractivity contribution is 7.26. The molecule has 0 aliphatic carbocycles. The minimum atomic E-state index is 1.16. The summed E-state index contributed by atoms with van der Waals surface area (Å²) in [6.45, 7) is 0. The monoisotopic (exact) mass is 666 g/mol. The second-order valence-electron chi connectivity index (χ2n) is 13.3. The molecule has 0 unspecified atom stereocenters. The molecule has 3 heteroatoms.